The van der Waals surface area contributed by atoms with Crippen LogP contribution in [0.3, 0.4) is 0 Å². The van der Waals surface area contributed by atoms with Crippen LogP contribution in [0.15, 0.2) is 23.8 Å². The number of halogens is 11. The second-order valence-corrected chi connectivity index (χ2v) is 7.06. The second kappa shape index (κ2) is 7.12. The summed E-state index contributed by atoms with van der Waals surface area (Å²) in [5, 5.41) is 0. The normalized spacial score (nSPS) is 21.2. The maximum atomic E-state index is 14.0. The van der Waals surface area contributed by atoms with Crippen molar-refractivity contribution in [3.8, 4) is 0 Å². The van der Waals surface area contributed by atoms with Crippen molar-refractivity contribution in [2.75, 3.05) is 0 Å². The standard InChI is InChI=1S/C17H11F11O2/c1-14(2)7(5-9(15(21,22)23)16(24,25)26)10(14)13(29)30-17(27,28)6-3-4-8(18)12(20)11(6)19/h3-5,7,10H,1-2H3. The van der Waals surface area contributed by atoms with Crippen LogP contribution >= 0.6 is 0 Å². The highest BCUT2D eigenvalue weighted by Gasteiger charge is 2.65. The molecule has 2 unspecified atom stereocenters. The highest BCUT2D eigenvalue weighted by atomic mass is 19.4. The molecule has 2 atom stereocenters. The summed E-state index contributed by atoms with van der Waals surface area (Å²) in [5.41, 5.74) is -6.45. The van der Waals surface area contributed by atoms with E-state index in [4.69, 9.17) is 0 Å². The number of carbonyl (C=O) groups excluding carboxylic acids is 1. The molecule has 1 aliphatic carbocycles. The van der Waals surface area contributed by atoms with Crippen LogP contribution in [-0.2, 0) is 15.6 Å². The lowest BCUT2D eigenvalue weighted by atomic mass is 10.1. The molecule has 0 aliphatic heterocycles. The molecule has 0 N–H and O–H groups in total. The zero-order valence-corrected chi connectivity index (χ0v) is 14.9. The molecule has 0 radical (unpaired) electrons. The molecule has 30 heavy (non-hydrogen) atoms. The van der Waals surface area contributed by atoms with E-state index in [1.54, 1.807) is 0 Å². The topological polar surface area (TPSA) is 26.3 Å². The number of rotatable bonds is 4. The van der Waals surface area contributed by atoms with Crippen molar-refractivity contribution < 1.29 is 57.8 Å². The van der Waals surface area contributed by atoms with Crippen molar-refractivity contribution >= 4 is 5.97 Å². The summed E-state index contributed by atoms with van der Waals surface area (Å²) < 4.78 is 147. The summed E-state index contributed by atoms with van der Waals surface area (Å²) in [4.78, 5) is 12.0. The Bertz CT molecular complexity index is 865. The van der Waals surface area contributed by atoms with E-state index < -0.39 is 70.3 Å². The van der Waals surface area contributed by atoms with Crippen molar-refractivity contribution in [1.82, 2.24) is 0 Å². The molecule has 1 aromatic rings. The average molecular weight is 456 g/mol. The highest BCUT2D eigenvalue weighted by molar-refractivity contribution is 5.78. The summed E-state index contributed by atoms with van der Waals surface area (Å²) in [6.45, 7) is 2.06. The molecule has 168 valence electrons. The molecule has 2 rings (SSSR count). The molecular weight excluding hydrogens is 445 g/mol. The fourth-order valence-electron chi connectivity index (χ4n) is 2.96. The van der Waals surface area contributed by atoms with Crippen LogP contribution in [-0.4, -0.2) is 18.3 Å². The monoisotopic (exact) mass is 456 g/mol. The zero-order valence-electron chi connectivity index (χ0n) is 14.9. The van der Waals surface area contributed by atoms with Gasteiger partial charge in [-0.1, -0.05) is 19.9 Å². The Kier molecular flexibility index (Phi) is 5.68. The van der Waals surface area contributed by atoms with Gasteiger partial charge in [-0.05, 0) is 23.5 Å². The summed E-state index contributed by atoms with van der Waals surface area (Å²) in [6.07, 6.45) is -16.8. The van der Waals surface area contributed by atoms with Gasteiger partial charge in [0.05, 0.1) is 5.92 Å². The second-order valence-electron chi connectivity index (χ2n) is 7.06. The predicted octanol–water partition coefficient (Wildman–Crippen LogP) is 6.02. The Hall–Kier alpha value is -2.34. The average Bonchev–Trinajstić information content (AvgIpc) is 3.08. The van der Waals surface area contributed by atoms with E-state index in [0.29, 0.717) is 0 Å². The Morgan fingerprint density at radius 1 is 0.933 bits per heavy atom. The first-order valence-corrected chi connectivity index (χ1v) is 7.92. The Morgan fingerprint density at radius 2 is 1.43 bits per heavy atom. The van der Waals surface area contributed by atoms with Gasteiger partial charge >= 0.3 is 24.4 Å². The van der Waals surface area contributed by atoms with Gasteiger partial charge in [0.25, 0.3) is 0 Å². The number of esters is 1. The van der Waals surface area contributed by atoms with Crippen molar-refractivity contribution in [3.05, 3.63) is 46.8 Å². The van der Waals surface area contributed by atoms with Crippen molar-refractivity contribution in [1.29, 1.82) is 0 Å². The van der Waals surface area contributed by atoms with Gasteiger partial charge in [0.1, 0.15) is 11.1 Å². The lowest BCUT2D eigenvalue weighted by Gasteiger charge is -2.18. The number of benzene rings is 1. The van der Waals surface area contributed by atoms with Crippen LogP contribution < -0.4 is 0 Å². The maximum Gasteiger partial charge on any atom is 0.431 e. The smallest absolute Gasteiger partial charge is 0.397 e. The van der Waals surface area contributed by atoms with Gasteiger partial charge in [-0.25, -0.2) is 13.2 Å². The summed E-state index contributed by atoms with van der Waals surface area (Å²) in [6, 6.07) is 0.183. The van der Waals surface area contributed by atoms with Gasteiger partial charge in [0, 0.05) is 0 Å². The third-order valence-electron chi connectivity index (χ3n) is 4.70. The molecule has 1 aliphatic rings. The molecule has 0 saturated heterocycles. The van der Waals surface area contributed by atoms with E-state index in [1.807, 2.05) is 0 Å². The van der Waals surface area contributed by atoms with Gasteiger partial charge in [0.2, 0.25) is 0 Å². The van der Waals surface area contributed by atoms with E-state index in [1.165, 1.54) is 0 Å². The first-order chi connectivity index (χ1) is 13.3. The molecule has 0 aromatic heterocycles. The molecule has 0 heterocycles. The lowest BCUT2D eigenvalue weighted by molar-refractivity contribution is -0.243. The number of alkyl halides is 8. The van der Waals surface area contributed by atoms with Crippen LogP contribution in [0.1, 0.15) is 19.4 Å². The van der Waals surface area contributed by atoms with Crippen molar-refractivity contribution in [3.63, 3.8) is 0 Å². The fourth-order valence-corrected chi connectivity index (χ4v) is 2.96. The Balaban J connectivity index is 2.31. The number of hydrogen-bond acceptors (Lipinski definition) is 2. The van der Waals surface area contributed by atoms with Crippen LogP contribution in [0.25, 0.3) is 0 Å². The van der Waals surface area contributed by atoms with Crippen LogP contribution in [0.5, 0.6) is 0 Å². The van der Waals surface area contributed by atoms with E-state index >= 15 is 0 Å². The van der Waals surface area contributed by atoms with Crippen LogP contribution in [0.4, 0.5) is 48.3 Å². The Morgan fingerprint density at radius 3 is 1.90 bits per heavy atom. The molecule has 2 nitrogen and oxygen atoms in total. The maximum absolute atomic E-state index is 14.0. The van der Waals surface area contributed by atoms with Crippen LogP contribution in [0, 0.1) is 34.7 Å². The highest BCUT2D eigenvalue weighted by Crippen LogP contribution is 2.61. The first-order valence-electron chi connectivity index (χ1n) is 7.92. The van der Waals surface area contributed by atoms with E-state index in [0.717, 1.165) is 13.8 Å². The van der Waals surface area contributed by atoms with Crippen molar-refractivity contribution in [2.45, 2.75) is 32.3 Å². The lowest BCUT2D eigenvalue weighted by Crippen LogP contribution is -2.27. The Labute approximate surface area is 161 Å². The van der Waals surface area contributed by atoms with E-state index in [2.05, 4.69) is 4.74 Å². The zero-order chi connectivity index (χ0) is 23.4. The van der Waals surface area contributed by atoms with Crippen molar-refractivity contribution in [2.24, 2.45) is 17.3 Å². The summed E-state index contributed by atoms with van der Waals surface area (Å²) in [7, 11) is 0. The number of allylic oxidation sites excluding steroid dienone is 2. The molecule has 13 heteroatoms. The number of hydrogen-bond donors (Lipinski definition) is 0. The molecule has 0 bridgehead atoms. The quantitative estimate of drug-likeness (QED) is 0.240. The van der Waals surface area contributed by atoms with Gasteiger partial charge in [-0.3, -0.25) is 4.79 Å². The number of ether oxygens (including phenoxy) is 1. The third-order valence-corrected chi connectivity index (χ3v) is 4.70. The van der Waals surface area contributed by atoms with E-state index in [9.17, 15) is 53.1 Å². The van der Waals surface area contributed by atoms with Gasteiger partial charge in [-0.2, -0.15) is 35.1 Å². The van der Waals surface area contributed by atoms with Gasteiger partial charge in [-0.15, -0.1) is 0 Å². The molecule has 0 amide bonds. The largest absolute Gasteiger partial charge is 0.431 e. The predicted molar refractivity (Wildman–Crippen MR) is 77.3 cm³/mol. The number of carbonyl (C=O) groups is 1. The van der Waals surface area contributed by atoms with E-state index in [-0.39, 0.29) is 18.2 Å². The van der Waals surface area contributed by atoms with Gasteiger partial charge in [0.15, 0.2) is 17.5 Å². The first kappa shape index (κ1) is 23.9. The minimum atomic E-state index is -5.83. The molecule has 1 aromatic carbocycles. The van der Waals surface area contributed by atoms with Gasteiger partial charge < -0.3 is 4.74 Å². The third kappa shape index (κ3) is 4.38. The minimum absolute atomic E-state index is 0.0713. The molecule has 1 saturated carbocycles. The summed E-state index contributed by atoms with van der Waals surface area (Å²) >= 11 is 0. The minimum Gasteiger partial charge on any atom is -0.397 e. The molecular formula is C17H11F11O2. The summed E-state index contributed by atoms with van der Waals surface area (Å²) in [5.74, 6) is -12.1. The fraction of sp³-hybridized carbons (Fsp3) is 0.471. The van der Waals surface area contributed by atoms with Crippen LogP contribution in [0.2, 0.25) is 0 Å². The molecule has 0 spiro atoms. The SMILES string of the molecule is CC1(C)C(C=C(C(F)(F)F)C(F)(F)F)C1C(=O)OC(F)(F)c1ccc(F)c(F)c1F. The molecule has 1 fully saturated rings.